The summed E-state index contributed by atoms with van der Waals surface area (Å²) >= 11 is 0. The number of allylic oxidation sites excluding steroid dienone is 3. The number of carbonyl (C=O) groups is 2. The second-order valence-corrected chi connectivity index (χ2v) is 42.8. The second-order valence-electron chi connectivity index (χ2n) is 42.8. The largest absolute Gasteiger partial charge is 0.458 e. The molecule has 804 valence electrons. The molecule has 0 spiro atoms. The Hall–Kier alpha value is -3.60. The first kappa shape index (κ1) is 112. The van der Waals surface area contributed by atoms with Crippen LogP contribution in [0.15, 0.2) is 36.0 Å². The zero-order chi connectivity index (χ0) is 103. The molecule has 0 aromatic rings. The molecule has 14 rings (SSSR count). The van der Waals surface area contributed by atoms with E-state index in [9.17, 15) is 138 Å². The number of fused-ring (bicyclic) bond motifs is 7. The van der Waals surface area contributed by atoms with E-state index in [0.29, 0.717) is 31.3 Å². The average molecular weight is 2020 g/mol. The van der Waals surface area contributed by atoms with Gasteiger partial charge in [-0.15, -0.1) is 6.58 Å². The Morgan fingerprint density at radius 2 is 0.900 bits per heavy atom. The fourth-order valence-corrected chi connectivity index (χ4v) is 24.5. The molecule has 14 aliphatic rings. The van der Waals surface area contributed by atoms with Gasteiger partial charge in [-0.2, -0.15) is 0 Å². The fraction of sp³-hybridized carbons (Fsp3) is 0.913. The van der Waals surface area contributed by atoms with Crippen LogP contribution in [0.1, 0.15) is 140 Å². The summed E-state index contributed by atoms with van der Waals surface area (Å²) in [6.07, 6.45) is -75.9. The lowest BCUT2D eigenvalue weighted by molar-refractivity contribution is -0.390. The lowest BCUT2D eigenvalue weighted by atomic mass is 9.33. The number of esters is 2. The molecule has 48 heteroatoms. The standard InChI is InChI=1S/C92H148O48/c1-13-88(9,140-81-68(118)58(108)50(100)33(2)124-81)20-14-15-36(26-93)75(120)132-49-25-92(85(121)139-84-74(62(112)55(105)42(29-96)130-84)138-80-69(119)71(135-78-66(116)59(109)53(103)40(27-94)127-78)70(35(4)126-80)134-77-65(115)56(106)43(30-97)129-77)38(23-86(49,5)6)37-16-17-46-89(10)21-19-48(87(7,8)45(89)18-22-90(46,11)91(37,12)24-47(92)99)133-83-73(137-79-67(117)60(110)54(104)41(28-95)128-79)63(113)57(107)44(131-83)32-123-82-72(61(111)51(101)34(3)125-82)136-76-64(114)52(102)39(98)31-122-76/h13,15-16,33-35,38-74,76-84,93-119H,1,14,17-32H2,2-12H3/b36-15-/t33-,34-,35+,38?,39-,40-,41+,42+,43+,44+,45?,46?,47+,48-,49-,50-,51+,52+,53-,54+,55+,56+,57+,58+,59+,60-,61+,62-,63-,64-,65-,66-,67+,68-,69-,70+,71+,72-,73+,74-,76+,77+,78+,79?,80+,81+,82-,83-,84-,88?,89?,90?,91+,92?/m0/s1. The molecule has 4 saturated carbocycles. The molecule has 27 N–H and O–H groups in total. The summed E-state index contributed by atoms with van der Waals surface area (Å²) in [5.41, 5.74) is -7.86. The minimum Gasteiger partial charge on any atom is -0.458 e. The monoisotopic (exact) mass is 2020 g/mol. The van der Waals surface area contributed by atoms with Crippen molar-refractivity contribution in [2.24, 2.45) is 50.2 Å². The summed E-state index contributed by atoms with van der Waals surface area (Å²) in [5.74, 6) is -4.00. The van der Waals surface area contributed by atoms with Gasteiger partial charge in [-0.1, -0.05) is 72.3 Å². The van der Waals surface area contributed by atoms with Crippen molar-refractivity contribution in [3.05, 3.63) is 36.0 Å². The Labute approximate surface area is 807 Å². The minimum absolute atomic E-state index is 0.00737. The van der Waals surface area contributed by atoms with Crippen LogP contribution in [0.5, 0.6) is 0 Å². The number of rotatable bonds is 30. The molecule has 0 aromatic heterocycles. The molecule has 9 aliphatic heterocycles. The molecule has 5 aliphatic carbocycles. The van der Waals surface area contributed by atoms with Crippen molar-refractivity contribution in [3.8, 4) is 0 Å². The number of hydrogen-bond donors (Lipinski definition) is 27. The summed E-state index contributed by atoms with van der Waals surface area (Å²) < 4.78 is 116. The highest BCUT2D eigenvalue weighted by Crippen LogP contribution is 2.76. The van der Waals surface area contributed by atoms with Gasteiger partial charge in [0.2, 0.25) is 6.29 Å². The molecule has 0 aromatic carbocycles. The van der Waals surface area contributed by atoms with Crippen LogP contribution < -0.4 is 0 Å². The van der Waals surface area contributed by atoms with Crippen LogP contribution in [0.2, 0.25) is 0 Å². The van der Waals surface area contributed by atoms with Crippen molar-refractivity contribution in [1.82, 2.24) is 0 Å². The summed E-state index contributed by atoms with van der Waals surface area (Å²) in [6, 6.07) is 0. The first-order valence-corrected chi connectivity index (χ1v) is 48.3. The predicted molar refractivity (Wildman–Crippen MR) is 462 cm³/mol. The number of ether oxygens (including phenoxy) is 19. The van der Waals surface area contributed by atoms with Crippen molar-refractivity contribution in [3.63, 3.8) is 0 Å². The molecular weight excluding hydrogens is 1870 g/mol. The van der Waals surface area contributed by atoms with Crippen LogP contribution in [0.3, 0.4) is 0 Å². The van der Waals surface area contributed by atoms with E-state index in [1.54, 1.807) is 20.8 Å². The zero-order valence-corrected chi connectivity index (χ0v) is 79.9. The summed E-state index contributed by atoms with van der Waals surface area (Å²) in [6.45, 7) is 17.7. The lowest BCUT2D eigenvalue weighted by Crippen LogP contribution is -2.70. The normalized spacial score (nSPS) is 51.8. The highest BCUT2D eigenvalue weighted by molar-refractivity contribution is 5.89. The van der Waals surface area contributed by atoms with Crippen LogP contribution in [0, 0.1) is 50.2 Å². The third kappa shape index (κ3) is 20.6. The van der Waals surface area contributed by atoms with Crippen molar-refractivity contribution >= 4 is 11.9 Å². The van der Waals surface area contributed by atoms with E-state index in [2.05, 4.69) is 26.5 Å². The zero-order valence-electron chi connectivity index (χ0n) is 79.9. The number of aliphatic hydroxyl groups is 27. The number of carbonyl (C=O) groups excluding carboxylic acids is 2. The van der Waals surface area contributed by atoms with Gasteiger partial charge in [0.15, 0.2) is 56.4 Å². The maximum Gasteiger partial charge on any atom is 0.336 e. The second kappa shape index (κ2) is 43.8. The summed E-state index contributed by atoms with van der Waals surface area (Å²) in [7, 11) is 0. The maximum atomic E-state index is 16.8. The van der Waals surface area contributed by atoms with Gasteiger partial charge in [0.25, 0.3) is 0 Å². The predicted octanol–water partition coefficient (Wildman–Crippen LogP) is -9.42. The highest BCUT2D eigenvalue weighted by Gasteiger charge is 2.74. The Balaban J connectivity index is 0.772. The van der Waals surface area contributed by atoms with Gasteiger partial charge < -0.3 is 228 Å². The van der Waals surface area contributed by atoms with E-state index in [4.69, 9.17) is 90.0 Å². The van der Waals surface area contributed by atoms with E-state index in [1.807, 2.05) is 20.8 Å². The molecule has 0 bridgehead atoms. The van der Waals surface area contributed by atoms with Gasteiger partial charge in [-0.05, 0) is 125 Å². The molecule has 9 saturated heterocycles. The Kier molecular flexibility index (Phi) is 35.0. The smallest absolute Gasteiger partial charge is 0.336 e. The van der Waals surface area contributed by atoms with Crippen LogP contribution in [0.25, 0.3) is 0 Å². The number of aliphatic hydroxyl groups excluding tert-OH is 27. The van der Waals surface area contributed by atoms with Gasteiger partial charge in [0.05, 0.1) is 87.9 Å². The van der Waals surface area contributed by atoms with Crippen molar-refractivity contribution in [2.75, 3.05) is 46.2 Å². The van der Waals surface area contributed by atoms with E-state index < -0.39 is 391 Å². The summed E-state index contributed by atoms with van der Waals surface area (Å²) in [5, 5.41) is 302. The highest BCUT2D eigenvalue weighted by atomic mass is 16.8. The van der Waals surface area contributed by atoms with E-state index in [0.717, 1.165) is 0 Å². The average Bonchev–Trinajstić information content (AvgIpc) is 0.760. The maximum absolute atomic E-state index is 16.8. The van der Waals surface area contributed by atoms with E-state index in [1.165, 1.54) is 32.9 Å². The van der Waals surface area contributed by atoms with Crippen molar-refractivity contribution in [2.45, 2.75) is 428 Å². The van der Waals surface area contributed by atoms with Crippen LogP contribution in [-0.4, -0.2) is 484 Å². The summed E-state index contributed by atoms with van der Waals surface area (Å²) in [4.78, 5) is 31.8. The van der Waals surface area contributed by atoms with E-state index >= 15 is 9.59 Å². The van der Waals surface area contributed by atoms with Gasteiger partial charge in [-0.3, -0.25) is 4.79 Å². The molecular formula is C92H148O48. The first-order valence-electron chi connectivity index (χ1n) is 48.3. The van der Waals surface area contributed by atoms with Crippen molar-refractivity contribution < 1.29 is 237 Å². The van der Waals surface area contributed by atoms with Crippen molar-refractivity contribution in [1.29, 1.82) is 0 Å². The number of hydrogen-bond acceptors (Lipinski definition) is 48. The molecule has 54 atom stereocenters. The Bertz CT molecular complexity index is 4190. The molecule has 13 fully saturated rings. The van der Waals surface area contributed by atoms with E-state index in [-0.39, 0.29) is 49.5 Å². The Morgan fingerprint density at radius 3 is 1.47 bits per heavy atom. The quantitative estimate of drug-likeness (QED) is 0.0137. The van der Waals surface area contributed by atoms with Gasteiger partial charge >= 0.3 is 11.9 Å². The SMILES string of the molecule is C=CC(C)(CC/C=C(/CO)C(=O)O[C@H]1CC2(C(=O)O[C@@H]3O[C@H](CO)[C@@H](O)[C@H](O)[C@@H]3O[C@H]3O[C@H](C)[C@@H](O[C@H]4O[C@H](CO)[C@@H](O)[C@@H]4O)[C@H](O[C@H]4O[C@@H](CO)[C@H](O)[C@@H](O)[C@@H]4O)[C@@H]3O)C(CC1(C)C)C1=CCC3C4(C)CC[C@H](O[C@@H]5O[C@H](CO[C@H]6O[C@@H](C)[C@@H](O)[C@@H](O)[C@@H]6O[C@H]6OC[C@H](O)[C@@H](O)[C@@H]6O)[C@@H](O)[C@H](O)[C@H]5OC5O[C@H](CO)[C@@H](O)[C@H](O)[C@H]5O)C(C)(C)C4CCC3(C)[C@]1(C)C[C@H]2O)O[C@H]1O[C@@H](C)[C@H](O)[C@@H](O)[C@@H]1O. The topological polar surface area (TPSA) is 756 Å². The molecule has 0 amide bonds. The third-order valence-corrected chi connectivity index (χ3v) is 33.6. The van der Waals surface area contributed by atoms with Crippen LogP contribution in [-0.2, 0) is 99.6 Å². The molecule has 48 nitrogen and oxygen atoms in total. The fourth-order valence-electron chi connectivity index (χ4n) is 24.5. The Morgan fingerprint density at radius 1 is 0.443 bits per heavy atom. The first-order chi connectivity index (χ1) is 65.7. The van der Waals surface area contributed by atoms with Crippen LogP contribution >= 0.6 is 0 Å². The lowest BCUT2D eigenvalue weighted by Gasteiger charge is -2.72. The third-order valence-electron chi connectivity index (χ3n) is 33.6. The van der Waals surface area contributed by atoms with Gasteiger partial charge in [0, 0.05) is 11.8 Å². The minimum atomic E-state index is -2.30. The molecule has 0 radical (unpaired) electrons. The molecule has 140 heavy (non-hydrogen) atoms. The molecule has 9 heterocycles. The van der Waals surface area contributed by atoms with Crippen LogP contribution in [0.4, 0.5) is 0 Å². The molecule has 8 unspecified atom stereocenters. The van der Waals surface area contributed by atoms with Gasteiger partial charge in [0.1, 0.15) is 195 Å². The van der Waals surface area contributed by atoms with Gasteiger partial charge in [-0.25, -0.2) is 4.79 Å².